The van der Waals surface area contributed by atoms with Crippen molar-refractivity contribution in [1.82, 2.24) is 0 Å². The van der Waals surface area contributed by atoms with Crippen LogP contribution in [0.25, 0.3) is 0 Å². The van der Waals surface area contributed by atoms with Gasteiger partial charge in [0.1, 0.15) is 22.7 Å². The first-order valence-electron chi connectivity index (χ1n) is 10.5. The lowest BCUT2D eigenvalue weighted by molar-refractivity contribution is 0.0834. The smallest absolute Gasteiger partial charge is 0.488 e. The minimum absolute atomic E-state index is 0.288. The molecule has 0 atom stereocenters. The second-order valence-corrected chi connectivity index (χ2v) is 10.5. The van der Waals surface area contributed by atoms with Crippen LogP contribution in [0.3, 0.4) is 0 Å². The first kappa shape index (κ1) is 25.0. The number of benzene rings is 1. The van der Waals surface area contributed by atoms with Crippen molar-refractivity contribution >= 4 is 14.0 Å². The zero-order valence-corrected chi connectivity index (χ0v) is 20.3. The van der Waals surface area contributed by atoms with Gasteiger partial charge in [0.2, 0.25) is 0 Å². The zero-order chi connectivity index (χ0) is 21.4. The van der Waals surface area contributed by atoms with Crippen LogP contribution in [0.4, 0.5) is 0 Å². The summed E-state index contributed by atoms with van der Waals surface area (Å²) in [5.41, 5.74) is -0.577. The highest BCUT2D eigenvalue weighted by atomic mass is 28.4. The van der Waals surface area contributed by atoms with Crippen molar-refractivity contribution in [3.8, 4) is 11.5 Å². The van der Waals surface area contributed by atoms with Gasteiger partial charge in [0.15, 0.2) is 0 Å². The maximum absolute atomic E-state index is 6.29. The fourth-order valence-corrected chi connectivity index (χ4v) is 5.12. The Bertz CT molecular complexity index is 547. The van der Waals surface area contributed by atoms with Crippen molar-refractivity contribution < 1.29 is 22.8 Å². The molecule has 1 aromatic rings. The van der Waals surface area contributed by atoms with Crippen molar-refractivity contribution in [2.24, 2.45) is 0 Å². The summed E-state index contributed by atoms with van der Waals surface area (Å²) in [7, 11) is -3.07. The number of hydrogen-bond donors (Lipinski definition) is 0. The van der Waals surface area contributed by atoms with Crippen LogP contribution in [0.1, 0.15) is 75.2 Å². The van der Waals surface area contributed by atoms with Crippen molar-refractivity contribution in [2.75, 3.05) is 19.8 Å². The molecule has 0 N–H and O–H groups in total. The molecule has 0 unspecified atom stereocenters. The molecule has 0 aliphatic heterocycles. The lowest BCUT2D eigenvalue weighted by Gasteiger charge is -2.32. The summed E-state index contributed by atoms with van der Waals surface area (Å²) in [6.07, 6.45) is 1.78. The summed E-state index contributed by atoms with van der Waals surface area (Å²) in [6.45, 7) is 19.9. The van der Waals surface area contributed by atoms with Crippen LogP contribution in [0, 0.1) is 0 Å². The Hall–Kier alpha value is -1.08. The molecule has 0 saturated carbocycles. The summed E-state index contributed by atoms with van der Waals surface area (Å²) >= 11 is 0. The van der Waals surface area contributed by atoms with Crippen LogP contribution in [-0.2, 0) is 13.3 Å². The molecule has 1 rings (SSSR count). The van der Waals surface area contributed by atoms with Gasteiger partial charge in [-0.05, 0) is 73.4 Å². The Balaban J connectivity index is 3.51. The third-order valence-electron chi connectivity index (χ3n) is 4.73. The molecule has 0 bridgehead atoms. The largest absolute Gasteiger partial charge is 0.537 e. The molecular formula is C22H40O5Si. The molecule has 0 saturated heterocycles. The van der Waals surface area contributed by atoms with Crippen LogP contribution in [0.15, 0.2) is 18.2 Å². The standard InChI is InChI=1S/C22H40O5Si/c1-10-21(6,7)26-18-15-19(27-22(8,9)11-2)17-20(16-18)28(23-12-3,24-13-4)25-14-5/h15-17H,10-14H2,1-9H3. The second-order valence-electron chi connectivity index (χ2n) is 7.98. The van der Waals surface area contributed by atoms with Gasteiger partial charge in [-0.25, -0.2) is 0 Å². The molecule has 162 valence electrons. The maximum Gasteiger partial charge on any atom is 0.537 e. The summed E-state index contributed by atoms with van der Waals surface area (Å²) in [5.74, 6) is 1.48. The Morgan fingerprint density at radius 3 is 1.29 bits per heavy atom. The molecule has 6 heteroatoms. The molecule has 0 aliphatic carbocycles. The van der Waals surface area contributed by atoms with Gasteiger partial charge in [0.05, 0.1) is 0 Å². The molecule has 0 fully saturated rings. The van der Waals surface area contributed by atoms with Crippen LogP contribution in [0.2, 0.25) is 0 Å². The highest BCUT2D eigenvalue weighted by Crippen LogP contribution is 2.29. The topological polar surface area (TPSA) is 46.2 Å². The van der Waals surface area contributed by atoms with Gasteiger partial charge >= 0.3 is 8.80 Å². The predicted molar refractivity (Wildman–Crippen MR) is 117 cm³/mol. The van der Waals surface area contributed by atoms with Gasteiger partial charge in [-0.2, -0.15) is 0 Å². The van der Waals surface area contributed by atoms with Crippen molar-refractivity contribution in [3.63, 3.8) is 0 Å². The van der Waals surface area contributed by atoms with Gasteiger partial charge in [0, 0.05) is 31.1 Å². The number of ether oxygens (including phenoxy) is 2. The molecule has 0 spiro atoms. The van der Waals surface area contributed by atoms with E-state index in [2.05, 4.69) is 41.5 Å². The van der Waals surface area contributed by atoms with Crippen LogP contribution < -0.4 is 14.7 Å². The monoisotopic (exact) mass is 412 g/mol. The fraction of sp³-hybridized carbons (Fsp3) is 0.727. The Morgan fingerprint density at radius 1 is 0.643 bits per heavy atom. The Morgan fingerprint density at radius 2 is 1.00 bits per heavy atom. The lowest BCUT2D eigenvalue weighted by atomic mass is 10.1. The van der Waals surface area contributed by atoms with Crippen molar-refractivity contribution in [3.05, 3.63) is 18.2 Å². The van der Waals surface area contributed by atoms with Crippen LogP contribution >= 0.6 is 0 Å². The van der Waals surface area contributed by atoms with Crippen LogP contribution in [0.5, 0.6) is 11.5 Å². The van der Waals surface area contributed by atoms with E-state index in [1.54, 1.807) is 0 Å². The first-order chi connectivity index (χ1) is 13.1. The molecule has 0 aromatic heterocycles. The van der Waals surface area contributed by atoms with E-state index in [4.69, 9.17) is 22.8 Å². The Kier molecular flexibility index (Phi) is 9.47. The van der Waals surface area contributed by atoms with E-state index < -0.39 is 8.80 Å². The highest BCUT2D eigenvalue weighted by Gasteiger charge is 2.44. The van der Waals surface area contributed by atoms with Gasteiger partial charge in [-0.15, -0.1) is 0 Å². The normalized spacial score (nSPS) is 12.9. The lowest BCUT2D eigenvalue weighted by Crippen LogP contribution is -2.57. The first-order valence-corrected chi connectivity index (χ1v) is 12.2. The maximum atomic E-state index is 6.29. The molecule has 0 aliphatic rings. The minimum Gasteiger partial charge on any atom is -0.488 e. The quantitative estimate of drug-likeness (QED) is 0.423. The Labute approximate surface area is 173 Å². The summed E-state index contributed by atoms with van der Waals surface area (Å²) in [5, 5.41) is 0.865. The average molecular weight is 413 g/mol. The summed E-state index contributed by atoms with van der Waals surface area (Å²) < 4.78 is 30.9. The molecular weight excluding hydrogens is 372 g/mol. The summed E-state index contributed by atoms with van der Waals surface area (Å²) in [6, 6.07) is 5.91. The van der Waals surface area contributed by atoms with E-state index in [0.29, 0.717) is 19.8 Å². The third-order valence-corrected chi connectivity index (χ3v) is 7.73. The van der Waals surface area contributed by atoms with Crippen LogP contribution in [-0.4, -0.2) is 39.8 Å². The molecule has 5 nitrogen and oxygen atoms in total. The molecule has 0 heterocycles. The van der Waals surface area contributed by atoms with Gasteiger partial charge < -0.3 is 22.8 Å². The third kappa shape index (κ3) is 7.06. The van der Waals surface area contributed by atoms with E-state index in [-0.39, 0.29) is 11.2 Å². The van der Waals surface area contributed by atoms with E-state index >= 15 is 0 Å². The highest BCUT2D eigenvalue weighted by molar-refractivity contribution is 6.75. The number of rotatable bonds is 13. The minimum atomic E-state index is -3.07. The second kappa shape index (κ2) is 10.6. The molecule has 28 heavy (non-hydrogen) atoms. The van der Waals surface area contributed by atoms with Gasteiger partial charge in [-0.3, -0.25) is 0 Å². The summed E-state index contributed by atoms with van der Waals surface area (Å²) in [4.78, 5) is 0. The molecule has 0 amide bonds. The average Bonchev–Trinajstić information content (AvgIpc) is 2.61. The van der Waals surface area contributed by atoms with E-state index in [0.717, 1.165) is 29.5 Å². The van der Waals surface area contributed by atoms with Crippen molar-refractivity contribution in [1.29, 1.82) is 0 Å². The zero-order valence-electron chi connectivity index (χ0n) is 19.3. The number of hydrogen-bond acceptors (Lipinski definition) is 5. The van der Waals surface area contributed by atoms with Crippen molar-refractivity contribution in [2.45, 2.75) is 86.4 Å². The van der Waals surface area contributed by atoms with E-state index in [1.807, 2.05) is 39.0 Å². The predicted octanol–water partition coefficient (Wildman–Crippen LogP) is 5.08. The molecule has 0 radical (unpaired) electrons. The van der Waals surface area contributed by atoms with E-state index in [9.17, 15) is 0 Å². The SMILES string of the molecule is CCO[Si](OCC)(OCC)c1cc(OC(C)(C)CC)cc(OC(C)(C)CC)c1. The van der Waals surface area contributed by atoms with Gasteiger partial charge in [0.25, 0.3) is 0 Å². The van der Waals surface area contributed by atoms with Gasteiger partial charge in [-0.1, -0.05) is 13.8 Å². The fourth-order valence-electron chi connectivity index (χ4n) is 2.59. The van der Waals surface area contributed by atoms with E-state index in [1.165, 1.54) is 0 Å². The molecule has 1 aromatic carbocycles.